The molecular formula is C13H34. The molecule has 0 heterocycles. The number of hydrogen-bond acceptors (Lipinski definition) is 0. The second-order valence-electron chi connectivity index (χ2n) is 2.89. The van der Waals surface area contributed by atoms with E-state index in [1.165, 1.54) is 19.3 Å². The molecule has 0 rings (SSSR count). The predicted octanol–water partition coefficient (Wildman–Crippen LogP) is 5.91. The molecular weight excluding hydrogens is 156 g/mol. The van der Waals surface area contributed by atoms with Crippen LogP contribution in [0.2, 0.25) is 0 Å². The van der Waals surface area contributed by atoms with E-state index in [-0.39, 0.29) is 0 Å². The minimum atomic E-state index is 0.898. The molecule has 0 aromatic heterocycles. The summed E-state index contributed by atoms with van der Waals surface area (Å²) in [5.41, 5.74) is 0. The van der Waals surface area contributed by atoms with E-state index < -0.39 is 0 Å². The van der Waals surface area contributed by atoms with Gasteiger partial charge in [0.25, 0.3) is 0 Å². The van der Waals surface area contributed by atoms with Crippen molar-refractivity contribution in [2.24, 2.45) is 5.92 Å². The Hall–Kier alpha value is 0. The molecule has 0 aromatic carbocycles. The zero-order chi connectivity index (χ0) is 11.7. The van der Waals surface area contributed by atoms with Crippen molar-refractivity contribution in [1.82, 2.24) is 0 Å². The Kier molecular flexibility index (Phi) is 71.7. The van der Waals surface area contributed by atoms with Gasteiger partial charge in [-0.05, 0) is 5.92 Å². The second-order valence-corrected chi connectivity index (χ2v) is 2.89. The first-order valence-corrected chi connectivity index (χ1v) is 6.18. The second kappa shape index (κ2) is 40.3. The lowest BCUT2D eigenvalue weighted by Crippen LogP contribution is -1.81. The molecule has 0 atom stereocenters. The van der Waals surface area contributed by atoms with Crippen LogP contribution in [0, 0.1) is 5.92 Å². The number of hydrogen-bond donors (Lipinski definition) is 0. The maximum atomic E-state index is 2.25. The standard InChI is InChI=1S/C6H14.C3H8.2C2H6/c1-4-5-6(2)3;1-3-2;2*1-2/h6H,4-5H2,1-3H3;3H2,1-2H3;2*1-2H3. The van der Waals surface area contributed by atoms with Gasteiger partial charge in [-0.1, -0.05) is 81.6 Å². The van der Waals surface area contributed by atoms with Gasteiger partial charge in [-0.15, -0.1) is 0 Å². The highest BCUT2D eigenvalue weighted by Crippen LogP contribution is 2.00. The summed E-state index contributed by atoms with van der Waals surface area (Å²) in [5, 5.41) is 0. The van der Waals surface area contributed by atoms with Crippen molar-refractivity contribution in [3.8, 4) is 0 Å². The average molecular weight is 190 g/mol. The van der Waals surface area contributed by atoms with Crippen molar-refractivity contribution in [2.45, 2.75) is 81.6 Å². The number of rotatable bonds is 2. The summed E-state index contributed by atoms with van der Waals surface area (Å²) in [5.74, 6) is 0.898. The maximum Gasteiger partial charge on any atom is -0.0471 e. The van der Waals surface area contributed by atoms with E-state index in [0.717, 1.165) is 5.92 Å². The SMILES string of the molecule is CC.CC.CCC.CCCC(C)C. The van der Waals surface area contributed by atoms with Gasteiger partial charge in [0.05, 0.1) is 0 Å². The molecule has 0 unspecified atom stereocenters. The first kappa shape index (κ1) is 23.1. The fraction of sp³-hybridized carbons (Fsp3) is 1.00. The molecule has 0 radical (unpaired) electrons. The third kappa shape index (κ3) is 133. The van der Waals surface area contributed by atoms with Crippen LogP contribution in [-0.2, 0) is 0 Å². The van der Waals surface area contributed by atoms with E-state index in [2.05, 4.69) is 34.6 Å². The molecule has 86 valence electrons. The van der Waals surface area contributed by atoms with Crippen LogP contribution in [0.3, 0.4) is 0 Å². The third-order valence-electron chi connectivity index (χ3n) is 0.866. The van der Waals surface area contributed by atoms with E-state index >= 15 is 0 Å². The molecule has 0 aliphatic heterocycles. The van der Waals surface area contributed by atoms with Gasteiger partial charge in [0.2, 0.25) is 0 Å². The van der Waals surface area contributed by atoms with Gasteiger partial charge in [-0.2, -0.15) is 0 Å². The molecule has 0 spiro atoms. The largest absolute Gasteiger partial charge is 0.0683 e. The molecule has 0 aliphatic carbocycles. The lowest BCUT2D eigenvalue weighted by molar-refractivity contribution is 0.576. The van der Waals surface area contributed by atoms with Gasteiger partial charge >= 0.3 is 0 Å². The van der Waals surface area contributed by atoms with Crippen LogP contribution >= 0.6 is 0 Å². The lowest BCUT2D eigenvalue weighted by Gasteiger charge is -1.95. The van der Waals surface area contributed by atoms with Gasteiger partial charge in [0.1, 0.15) is 0 Å². The van der Waals surface area contributed by atoms with Gasteiger partial charge in [0.15, 0.2) is 0 Å². The van der Waals surface area contributed by atoms with Crippen molar-refractivity contribution < 1.29 is 0 Å². The molecule has 0 nitrogen and oxygen atoms in total. The van der Waals surface area contributed by atoms with Crippen LogP contribution < -0.4 is 0 Å². The zero-order valence-corrected chi connectivity index (χ0v) is 11.7. The maximum absolute atomic E-state index is 2.25. The molecule has 0 aliphatic rings. The summed E-state index contributed by atoms with van der Waals surface area (Å²) in [4.78, 5) is 0. The monoisotopic (exact) mass is 190 g/mol. The highest BCUT2D eigenvalue weighted by Gasteiger charge is 1.85. The molecule has 0 amide bonds. The van der Waals surface area contributed by atoms with Gasteiger partial charge in [-0.3, -0.25) is 0 Å². The normalized spacial score (nSPS) is 6.92. The predicted molar refractivity (Wildman–Crippen MR) is 68.4 cm³/mol. The van der Waals surface area contributed by atoms with E-state index in [9.17, 15) is 0 Å². The first-order valence-electron chi connectivity index (χ1n) is 6.18. The minimum Gasteiger partial charge on any atom is -0.0683 e. The lowest BCUT2D eigenvalue weighted by atomic mass is 10.1. The molecule has 0 bridgehead atoms. The molecule has 0 N–H and O–H groups in total. The summed E-state index contributed by atoms with van der Waals surface area (Å²) in [6.45, 7) is 19.0. The molecule has 13 heavy (non-hydrogen) atoms. The Morgan fingerprint density at radius 2 is 1.00 bits per heavy atom. The summed E-state index contributed by atoms with van der Waals surface area (Å²) in [6, 6.07) is 0. The van der Waals surface area contributed by atoms with Crippen molar-refractivity contribution in [2.75, 3.05) is 0 Å². The highest BCUT2D eigenvalue weighted by atomic mass is 13.9. The summed E-state index contributed by atoms with van der Waals surface area (Å²) in [7, 11) is 0. The van der Waals surface area contributed by atoms with E-state index in [1.807, 2.05) is 27.7 Å². The smallest absolute Gasteiger partial charge is 0.0471 e. The minimum absolute atomic E-state index is 0.898. The third-order valence-corrected chi connectivity index (χ3v) is 0.866. The Bertz CT molecular complexity index is 29.0. The molecule has 0 aromatic rings. The summed E-state index contributed by atoms with van der Waals surface area (Å²) >= 11 is 0. The Balaban J connectivity index is -0.0000000493. The van der Waals surface area contributed by atoms with Crippen molar-refractivity contribution in [3.63, 3.8) is 0 Å². The Morgan fingerprint density at radius 1 is 0.769 bits per heavy atom. The van der Waals surface area contributed by atoms with Gasteiger partial charge < -0.3 is 0 Å². The van der Waals surface area contributed by atoms with Crippen LogP contribution in [0.5, 0.6) is 0 Å². The van der Waals surface area contributed by atoms with Crippen molar-refractivity contribution >= 4 is 0 Å². The summed E-state index contributed by atoms with van der Waals surface area (Å²) < 4.78 is 0. The van der Waals surface area contributed by atoms with Crippen LogP contribution in [0.15, 0.2) is 0 Å². The quantitative estimate of drug-likeness (QED) is 0.507. The average Bonchev–Trinajstić information content (AvgIpc) is 2.12. The Morgan fingerprint density at radius 3 is 1.00 bits per heavy atom. The van der Waals surface area contributed by atoms with Crippen LogP contribution in [0.1, 0.15) is 81.6 Å². The zero-order valence-electron chi connectivity index (χ0n) is 11.7. The van der Waals surface area contributed by atoms with Crippen LogP contribution in [0.4, 0.5) is 0 Å². The van der Waals surface area contributed by atoms with Gasteiger partial charge in [0, 0.05) is 0 Å². The van der Waals surface area contributed by atoms with Crippen LogP contribution in [-0.4, -0.2) is 0 Å². The first-order chi connectivity index (χ1) is 6.18. The van der Waals surface area contributed by atoms with Crippen molar-refractivity contribution in [1.29, 1.82) is 0 Å². The fourth-order valence-electron chi connectivity index (χ4n) is 0.577. The fourth-order valence-corrected chi connectivity index (χ4v) is 0.577. The topological polar surface area (TPSA) is 0 Å². The molecule has 0 saturated heterocycles. The molecule has 0 heteroatoms. The van der Waals surface area contributed by atoms with Crippen molar-refractivity contribution in [3.05, 3.63) is 0 Å². The molecule has 0 fully saturated rings. The summed E-state index contributed by atoms with van der Waals surface area (Å²) in [6.07, 6.45) is 3.96. The van der Waals surface area contributed by atoms with Gasteiger partial charge in [-0.25, -0.2) is 0 Å². The highest BCUT2D eigenvalue weighted by molar-refractivity contribution is 4.38. The molecule has 0 saturated carbocycles. The van der Waals surface area contributed by atoms with Crippen LogP contribution in [0.25, 0.3) is 0 Å². The van der Waals surface area contributed by atoms with E-state index in [4.69, 9.17) is 0 Å². The van der Waals surface area contributed by atoms with E-state index in [0.29, 0.717) is 0 Å². The van der Waals surface area contributed by atoms with E-state index in [1.54, 1.807) is 0 Å². The Labute approximate surface area is 88.1 Å².